The smallest absolute Gasteiger partial charge is 0.190 e. The fourth-order valence-electron chi connectivity index (χ4n) is 3.06. The van der Waals surface area contributed by atoms with Crippen molar-refractivity contribution in [3.05, 3.63) is 33.8 Å². The summed E-state index contributed by atoms with van der Waals surface area (Å²) in [5, 5.41) is 11.2. The summed E-state index contributed by atoms with van der Waals surface area (Å²) in [6.45, 7) is 5.86. The number of hydrogen-bond acceptors (Lipinski definition) is 5. The Morgan fingerprint density at radius 3 is 2.67 bits per heavy atom. The molecule has 1 aromatic rings. The van der Waals surface area contributed by atoms with Crippen molar-refractivity contribution in [3.8, 4) is 0 Å². The van der Waals surface area contributed by atoms with Gasteiger partial charge in [-0.15, -0.1) is 0 Å². The van der Waals surface area contributed by atoms with Crippen LogP contribution in [0.3, 0.4) is 0 Å². The van der Waals surface area contributed by atoms with Gasteiger partial charge in [-0.05, 0) is 38.0 Å². The highest BCUT2D eigenvalue weighted by Crippen LogP contribution is 2.40. The Balaban J connectivity index is 1.73. The fourth-order valence-corrected chi connectivity index (χ4v) is 3.38. The lowest BCUT2D eigenvalue weighted by molar-refractivity contribution is -0.230. The van der Waals surface area contributed by atoms with E-state index in [1.165, 1.54) is 0 Å². The second-order valence-corrected chi connectivity index (χ2v) is 7.38. The molecule has 7 heteroatoms. The third-order valence-electron chi connectivity index (χ3n) is 4.25. The molecule has 2 heterocycles. The summed E-state index contributed by atoms with van der Waals surface area (Å²) in [6, 6.07) is 5.34. The van der Waals surface area contributed by atoms with E-state index in [1.807, 2.05) is 26.8 Å². The molecule has 5 nitrogen and oxygen atoms in total. The molecule has 0 amide bonds. The van der Waals surface area contributed by atoms with Gasteiger partial charge < -0.3 is 24.1 Å². The average Bonchev–Trinajstić information content (AvgIpc) is 2.99. The Hall–Kier alpha value is -0.400. The van der Waals surface area contributed by atoms with Crippen molar-refractivity contribution in [2.24, 2.45) is 0 Å². The van der Waals surface area contributed by atoms with Crippen LogP contribution in [0, 0.1) is 0 Å². The van der Waals surface area contributed by atoms with Crippen LogP contribution in [0.2, 0.25) is 10.0 Å². The van der Waals surface area contributed by atoms with Crippen LogP contribution in [0.25, 0.3) is 0 Å². The van der Waals surface area contributed by atoms with Gasteiger partial charge in [-0.3, -0.25) is 0 Å². The minimum Gasteiger partial charge on any atom is -0.390 e. The first kappa shape index (κ1) is 18.4. The van der Waals surface area contributed by atoms with Gasteiger partial charge in [-0.1, -0.05) is 36.2 Å². The number of hydrogen-bond donors (Lipinski definition) is 1. The van der Waals surface area contributed by atoms with Gasteiger partial charge in [0.2, 0.25) is 0 Å². The van der Waals surface area contributed by atoms with Gasteiger partial charge in [0.05, 0.1) is 22.8 Å². The molecule has 0 aliphatic carbocycles. The topological polar surface area (TPSA) is 57.2 Å². The van der Waals surface area contributed by atoms with E-state index >= 15 is 0 Å². The third kappa shape index (κ3) is 3.73. The van der Waals surface area contributed by atoms with Gasteiger partial charge >= 0.3 is 0 Å². The van der Waals surface area contributed by atoms with E-state index < -0.39 is 30.4 Å². The average molecular weight is 377 g/mol. The van der Waals surface area contributed by atoms with Crippen molar-refractivity contribution >= 4 is 23.2 Å². The fraction of sp³-hybridized carbons (Fsp3) is 0.647. The summed E-state index contributed by atoms with van der Waals surface area (Å²) in [6.07, 6.45) is -1.94. The maximum absolute atomic E-state index is 10.2. The first-order valence-electron chi connectivity index (χ1n) is 8.05. The monoisotopic (exact) mass is 376 g/mol. The summed E-state index contributed by atoms with van der Waals surface area (Å²) >= 11 is 12.0. The Labute approximate surface area is 151 Å². The molecule has 2 aliphatic rings. The highest BCUT2D eigenvalue weighted by Gasteiger charge is 2.56. The van der Waals surface area contributed by atoms with Crippen LogP contribution in [0.1, 0.15) is 32.8 Å². The van der Waals surface area contributed by atoms with E-state index in [0.29, 0.717) is 23.1 Å². The SMILES string of the molecule is CC[C@@H](O)[C@H]1O[C@@H]2OC(C)(C)O[C@@H]2[C@H]1OCc1ccc(Cl)c(Cl)c1. The summed E-state index contributed by atoms with van der Waals surface area (Å²) in [4.78, 5) is 0. The van der Waals surface area contributed by atoms with Crippen molar-refractivity contribution in [3.63, 3.8) is 0 Å². The number of halogens is 2. The predicted octanol–water partition coefficient (Wildman–Crippen LogP) is 3.53. The van der Waals surface area contributed by atoms with Gasteiger partial charge in [0, 0.05) is 0 Å². The van der Waals surface area contributed by atoms with Crippen molar-refractivity contribution in [1.29, 1.82) is 0 Å². The largest absolute Gasteiger partial charge is 0.390 e. The molecule has 0 saturated carbocycles. The lowest BCUT2D eigenvalue weighted by atomic mass is 10.0. The van der Waals surface area contributed by atoms with Crippen LogP contribution in [0.15, 0.2) is 18.2 Å². The Morgan fingerprint density at radius 2 is 2.00 bits per heavy atom. The van der Waals surface area contributed by atoms with E-state index in [4.69, 9.17) is 42.1 Å². The standard InChI is InChI=1S/C17H22Cl2O5/c1-4-12(20)13-14(15-16(22-13)24-17(2,3)23-15)21-8-9-5-6-10(18)11(19)7-9/h5-7,12-16,20H,4,8H2,1-3H3/t12-,13-,14+,15-,16-/m1/s1. The van der Waals surface area contributed by atoms with Crippen molar-refractivity contribution in [1.82, 2.24) is 0 Å². The van der Waals surface area contributed by atoms with Gasteiger partial charge in [-0.25, -0.2) is 0 Å². The molecular weight excluding hydrogens is 355 g/mol. The molecule has 5 atom stereocenters. The second-order valence-electron chi connectivity index (χ2n) is 6.57. The highest BCUT2D eigenvalue weighted by molar-refractivity contribution is 6.42. The van der Waals surface area contributed by atoms with Crippen LogP contribution in [-0.4, -0.2) is 41.6 Å². The molecule has 0 aromatic heterocycles. The van der Waals surface area contributed by atoms with E-state index in [2.05, 4.69) is 0 Å². The Morgan fingerprint density at radius 1 is 1.25 bits per heavy atom. The van der Waals surface area contributed by atoms with Crippen LogP contribution in [0.5, 0.6) is 0 Å². The normalized spacial score (nSPS) is 32.8. The summed E-state index contributed by atoms with van der Waals surface area (Å²) in [5.41, 5.74) is 0.885. The molecule has 1 aromatic carbocycles. The third-order valence-corrected chi connectivity index (χ3v) is 4.99. The van der Waals surface area contributed by atoms with E-state index in [-0.39, 0.29) is 6.10 Å². The van der Waals surface area contributed by atoms with Gasteiger partial charge in [0.1, 0.15) is 18.3 Å². The van der Waals surface area contributed by atoms with Crippen molar-refractivity contribution in [2.45, 2.75) is 70.3 Å². The van der Waals surface area contributed by atoms with Gasteiger partial charge in [0.25, 0.3) is 0 Å². The van der Waals surface area contributed by atoms with E-state index in [0.717, 1.165) is 5.56 Å². The molecule has 2 saturated heterocycles. The van der Waals surface area contributed by atoms with E-state index in [1.54, 1.807) is 12.1 Å². The molecule has 24 heavy (non-hydrogen) atoms. The second kappa shape index (κ2) is 7.08. The molecule has 134 valence electrons. The quantitative estimate of drug-likeness (QED) is 0.851. The number of ether oxygens (including phenoxy) is 4. The van der Waals surface area contributed by atoms with Crippen LogP contribution in [-0.2, 0) is 25.6 Å². The number of aliphatic hydroxyl groups is 1. The molecule has 0 spiro atoms. The van der Waals surface area contributed by atoms with E-state index in [9.17, 15) is 5.11 Å². The first-order chi connectivity index (χ1) is 11.3. The number of aliphatic hydroxyl groups excluding tert-OH is 1. The van der Waals surface area contributed by atoms with Crippen LogP contribution >= 0.6 is 23.2 Å². The summed E-state index contributed by atoms with van der Waals surface area (Å²) in [5.74, 6) is -0.733. The molecule has 0 bridgehead atoms. The maximum Gasteiger partial charge on any atom is 0.190 e. The van der Waals surface area contributed by atoms with Gasteiger partial charge in [0.15, 0.2) is 12.1 Å². The molecule has 0 unspecified atom stereocenters. The maximum atomic E-state index is 10.2. The van der Waals surface area contributed by atoms with Crippen LogP contribution in [0.4, 0.5) is 0 Å². The lowest BCUT2D eigenvalue weighted by Gasteiger charge is -2.28. The molecule has 2 aliphatic heterocycles. The number of fused-ring (bicyclic) bond motifs is 1. The van der Waals surface area contributed by atoms with Gasteiger partial charge in [-0.2, -0.15) is 0 Å². The minimum absolute atomic E-state index is 0.310. The van der Waals surface area contributed by atoms with Crippen molar-refractivity contribution < 1.29 is 24.1 Å². The summed E-state index contributed by atoms with van der Waals surface area (Å²) in [7, 11) is 0. The molecule has 3 rings (SSSR count). The van der Waals surface area contributed by atoms with Crippen molar-refractivity contribution in [2.75, 3.05) is 0 Å². The van der Waals surface area contributed by atoms with Crippen LogP contribution < -0.4 is 0 Å². The molecular formula is C17H22Cl2O5. The Kier molecular flexibility index (Phi) is 5.42. The zero-order chi connectivity index (χ0) is 17.5. The lowest BCUT2D eigenvalue weighted by Crippen LogP contribution is -2.42. The Bertz CT molecular complexity index is 594. The molecule has 1 N–H and O–H groups in total. The first-order valence-corrected chi connectivity index (χ1v) is 8.81. The zero-order valence-corrected chi connectivity index (χ0v) is 15.4. The molecule has 2 fully saturated rings. The predicted molar refractivity (Wildman–Crippen MR) is 90.0 cm³/mol. The summed E-state index contributed by atoms with van der Waals surface area (Å²) < 4.78 is 23.5. The molecule has 0 radical (unpaired) electrons. The minimum atomic E-state index is -0.733. The highest BCUT2D eigenvalue weighted by atomic mass is 35.5. The number of benzene rings is 1. The zero-order valence-electron chi connectivity index (χ0n) is 13.9. The number of rotatable bonds is 5.